The highest BCUT2D eigenvalue weighted by Crippen LogP contribution is 2.27. The van der Waals surface area contributed by atoms with Crippen LogP contribution in [0.5, 0.6) is 5.75 Å². The van der Waals surface area contributed by atoms with Crippen LogP contribution in [0.2, 0.25) is 0 Å². The van der Waals surface area contributed by atoms with Crippen LogP contribution in [0, 0.1) is 5.41 Å². The molecule has 0 spiro atoms. The Labute approximate surface area is 205 Å². The van der Waals surface area contributed by atoms with Crippen molar-refractivity contribution in [2.75, 3.05) is 13.2 Å². The fraction of sp³-hybridized carbons (Fsp3) is 0.370. The number of aromatic nitrogens is 1. The molecule has 2 amide bonds. The molecule has 2 aromatic carbocycles. The average Bonchev–Trinajstić information content (AvgIpc) is 3.45. The Morgan fingerprint density at radius 2 is 1.97 bits per heavy atom. The number of rotatable bonds is 10. The van der Waals surface area contributed by atoms with Crippen LogP contribution < -0.4 is 16.2 Å². The van der Waals surface area contributed by atoms with Crippen LogP contribution in [-0.4, -0.2) is 46.3 Å². The van der Waals surface area contributed by atoms with E-state index >= 15 is 0 Å². The minimum Gasteiger partial charge on any atom is -0.484 e. The summed E-state index contributed by atoms with van der Waals surface area (Å²) in [5.74, 6) is 0.184. The van der Waals surface area contributed by atoms with E-state index in [4.69, 9.17) is 21.6 Å². The lowest BCUT2D eigenvalue weighted by atomic mass is 10.1. The third kappa shape index (κ3) is 5.65. The number of hydrogen-bond donors (Lipinski definition) is 3. The van der Waals surface area contributed by atoms with E-state index in [-0.39, 0.29) is 24.4 Å². The number of ether oxygens (including phenoxy) is 1. The number of nitrogens with zero attached hydrogens (tertiary/aromatic N) is 2. The van der Waals surface area contributed by atoms with E-state index in [1.54, 1.807) is 12.1 Å². The van der Waals surface area contributed by atoms with Gasteiger partial charge in [-0.2, -0.15) is 0 Å². The minimum atomic E-state index is -0.534. The highest BCUT2D eigenvalue weighted by atomic mass is 16.5. The number of fused-ring (bicyclic) bond motifs is 1. The number of carbonyl (C=O) groups is 2. The molecule has 35 heavy (non-hydrogen) atoms. The molecule has 184 valence electrons. The molecule has 1 unspecified atom stereocenters. The van der Waals surface area contributed by atoms with Gasteiger partial charge in [0, 0.05) is 35.9 Å². The maximum atomic E-state index is 13.2. The van der Waals surface area contributed by atoms with Crippen LogP contribution in [0.1, 0.15) is 43.0 Å². The number of amidine groups is 1. The molecule has 8 heteroatoms. The molecule has 1 atom stereocenters. The summed E-state index contributed by atoms with van der Waals surface area (Å²) in [5, 5.41) is 8.88. The van der Waals surface area contributed by atoms with E-state index in [2.05, 4.69) is 17.6 Å². The quantitative estimate of drug-likeness (QED) is 0.308. The van der Waals surface area contributed by atoms with Crippen LogP contribution in [0.3, 0.4) is 0 Å². The van der Waals surface area contributed by atoms with Gasteiger partial charge in [-0.1, -0.05) is 24.3 Å². The first-order valence-electron chi connectivity index (χ1n) is 12.1. The second-order valence-electron chi connectivity index (χ2n) is 9.07. The average molecular weight is 476 g/mol. The van der Waals surface area contributed by atoms with Gasteiger partial charge in [-0.05, 0) is 67.8 Å². The van der Waals surface area contributed by atoms with Crippen LogP contribution in [-0.2, 0) is 29.0 Å². The number of aryl methyl sites for hydroxylation is 2. The Morgan fingerprint density at radius 3 is 2.71 bits per heavy atom. The number of hydrogen-bond acceptors (Lipinski definition) is 4. The van der Waals surface area contributed by atoms with Crippen molar-refractivity contribution in [3.05, 3.63) is 65.4 Å². The van der Waals surface area contributed by atoms with Gasteiger partial charge in [0.2, 0.25) is 5.91 Å². The fourth-order valence-corrected chi connectivity index (χ4v) is 5.01. The third-order valence-corrected chi connectivity index (χ3v) is 6.68. The van der Waals surface area contributed by atoms with Crippen molar-refractivity contribution >= 4 is 28.6 Å². The normalized spacial score (nSPS) is 15.5. The van der Waals surface area contributed by atoms with Crippen molar-refractivity contribution in [3.8, 4) is 5.75 Å². The molecule has 1 aliphatic rings. The number of likely N-dealkylation sites (tertiary alicyclic amines) is 1. The van der Waals surface area contributed by atoms with Gasteiger partial charge in [-0.15, -0.1) is 0 Å². The third-order valence-electron chi connectivity index (χ3n) is 6.68. The number of nitrogens with one attached hydrogen (secondary N) is 1. The number of amides is 2. The van der Waals surface area contributed by atoms with Gasteiger partial charge >= 0.3 is 0 Å². The highest BCUT2D eigenvalue weighted by Gasteiger charge is 2.28. The van der Waals surface area contributed by atoms with Crippen LogP contribution >= 0.6 is 0 Å². The summed E-state index contributed by atoms with van der Waals surface area (Å²) in [7, 11) is 0. The predicted molar refractivity (Wildman–Crippen MR) is 137 cm³/mol. The molecule has 4 rings (SSSR count). The summed E-state index contributed by atoms with van der Waals surface area (Å²) in [5.41, 5.74) is 14.8. The Morgan fingerprint density at radius 1 is 1.14 bits per heavy atom. The zero-order valence-corrected chi connectivity index (χ0v) is 20.1. The van der Waals surface area contributed by atoms with E-state index in [9.17, 15) is 9.59 Å². The standard InChI is InChI=1S/C27H33N5O3/c1-2-31-22(15-19-8-9-20(27(29)30)16-24(19)31)11-10-21-6-4-12-32(21)26(34)14-18-5-3-7-23(13-18)35-17-25(28)33/h3,5,7-9,13,15-16,21H,2,4,6,10-12,14,17H2,1H3,(H2,28,33)(H3,29,30). The fourth-order valence-electron chi connectivity index (χ4n) is 5.01. The monoisotopic (exact) mass is 475 g/mol. The number of nitrogen functional groups attached to an aromatic ring is 1. The van der Waals surface area contributed by atoms with Gasteiger partial charge in [0.05, 0.1) is 6.42 Å². The van der Waals surface area contributed by atoms with Crippen LogP contribution in [0.15, 0.2) is 48.5 Å². The molecule has 2 heterocycles. The highest BCUT2D eigenvalue weighted by molar-refractivity contribution is 5.98. The molecule has 1 saturated heterocycles. The van der Waals surface area contributed by atoms with E-state index in [0.717, 1.165) is 60.8 Å². The molecule has 3 aromatic rings. The van der Waals surface area contributed by atoms with Gasteiger partial charge in [0.15, 0.2) is 6.61 Å². The molecule has 1 aromatic heterocycles. The topological polar surface area (TPSA) is 127 Å². The second kappa shape index (κ2) is 10.6. The summed E-state index contributed by atoms with van der Waals surface area (Å²) in [6, 6.07) is 15.6. The van der Waals surface area contributed by atoms with Gasteiger partial charge in [0.25, 0.3) is 5.91 Å². The van der Waals surface area contributed by atoms with Crippen molar-refractivity contribution in [3.63, 3.8) is 0 Å². The van der Waals surface area contributed by atoms with E-state index < -0.39 is 5.91 Å². The van der Waals surface area contributed by atoms with Crippen LogP contribution in [0.4, 0.5) is 0 Å². The van der Waals surface area contributed by atoms with Gasteiger partial charge in [-0.25, -0.2) is 0 Å². The largest absolute Gasteiger partial charge is 0.484 e. The van der Waals surface area contributed by atoms with Crippen molar-refractivity contribution in [2.45, 2.75) is 51.6 Å². The van der Waals surface area contributed by atoms with E-state index in [1.165, 1.54) is 5.69 Å². The first-order valence-corrected chi connectivity index (χ1v) is 12.1. The number of nitrogens with two attached hydrogens (primary N) is 2. The summed E-state index contributed by atoms with van der Waals surface area (Å²) < 4.78 is 7.65. The number of carbonyl (C=O) groups excluding carboxylic acids is 2. The lowest BCUT2D eigenvalue weighted by Gasteiger charge is -2.25. The predicted octanol–water partition coefficient (Wildman–Crippen LogP) is 2.98. The van der Waals surface area contributed by atoms with Crippen molar-refractivity contribution in [1.29, 1.82) is 5.41 Å². The summed E-state index contributed by atoms with van der Waals surface area (Å²) in [6.45, 7) is 3.55. The van der Waals surface area contributed by atoms with Gasteiger partial charge in [-0.3, -0.25) is 15.0 Å². The molecule has 0 bridgehead atoms. The van der Waals surface area contributed by atoms with E-state index in [1.807, 2.05) is 35.2 Å². The van der Waals surface area contributed by atoms with Crippen molar-refractivity contribution in [1.82, 2.24) is 9.47 Å². The Balaban J connectivity index is 1.42. The molecule has 5 N–H and O–H groups in total. The second-order valence-corrected chi connectivity index (χ2v) is 9.07. The van der Waals surface area contributed by atoms with Crippen LogP contribution in [0.25, 0.3) is 10.9 Å². The Kier molecular flexibility index (Phi) is 7.39. The summed E-state index contributed by atoms with van der Waals surface area (Å²) >= 11 is 0. The molecule has 1 aliphatic heterocycles. The minimum absolute atomic E-state index is 0.0716. The van der Waals surface area contributed by atoms with E-state index in [0.29, 0.717) is 12.2 Å². The zero-order chi connectivity index (χ0) is 24.9. The number of benzene rings is 2. The van der Waals surface area contributed by atoms with Gasteiger partial charge in [0.1, 0.15) is 11.6 Å². The number of primary amides is 1. The summed E-state index contributed by atoms with van der Waals surface area (Å²) in [6.07, 6.45) is 4.10. The zero-order valence-electron chi connectivity index (χ0n) is 20.1. The first kappa shape index (κ1) is 24.3. The lowest BCUT2D eigenvalue weighted by Crippen LogP contribution is -2.37. The van der Waals surface area contributed by atoms with Crippen molar-refractivity contribution in [2.24, 2.45) is 11.5 Å². The molecule has 0 saturated carbocycles. The SMILES string of the molecule is CCn1c(CCC2CCCN2C(=O)Cc2cccc(OCC(N)=O)c2)cc2ccc(C(=N)N)cc21. The molecule has 0 radical (unpaired) electrons. The molecule has 8 nitrogen and oxygen atoms in total. The van der Waals surface area contributed by atoms with Gasteiger partial charge < -0.3 is 25.7 Å². The lowest BCUT2D eigenvalue weighted by molar-refractivity contribution is -0.131. The summed E-state index contributed by atoms with van der Waals surface area (Å²) in [4.78, 5) is 26.1. The Hall–Kier alpha value is -3.81. The molecular formula is C27H33N5O3. The first-order chi connectivity index (χ1) is 16.9. The van der Waals surface area contributed by atoms with Crippen molar-refractivity contribution < 1.29 is 14.3 Å². The Bertz CT molecular complexity index is 1250. The maximum absolute atomic E-state index is 13.2. The molecule has 1 fully saturated rings. The molecular weight excluding hydrogens is 442 g/mol. The smallest absolute Gasteiger partial charge is 0.255 e. The molecule has 0 aliphatic carbocycles. The maximum Gasteiger partial charge on any atom is 0.255 e.